The summed E-state index contributed by atoms with van der Waals surface area (Å²) in [5.41, 5.74) is 1.91. The third kappa shape index (κ3) is 1.87. The van der Waals surface area contributed by atoms with Crippen LogP contribution in [-0.2, 0) is 0 Å². The SMILES string of the molecule is CC1CN2CCCC2CN1c1ccccc1C#N. The number of rotatable bonds is 1. The number of hydrogen-bond acceptors (Lipinski definition) is 3. The number of benzene rings is 1. The molecule has 0 N–H and O–H groups in total. The van der Waals surface area contributed by atoms with Gasteiger partial charge >= 0.3 is 0 Å². The summed E-state index contributed by atoms with van der Waals surface area (Å²) in [5, 5.41) is 9.24. The fraction of sp³-hybridized carbons (Fsp3) is 0.533. The van der Waals surface area contributed by atoms with Gasteiger partial charge in [-0.25, -0.2) is 0 Å². The number of piperazine rings is 1. The normalized spacial score (nSPS) is 27.9. The van der Waals surface area contributed by atoms with E-state index in [4.69, 9.17) is 0 Å². The summed E-state index contributed by atoms with van der Waals surface area (Å²) in [4.78, 5) is 5.03. The van der Waals surface area contributed by atoms with E-state index in [-0.39, 0.29) is 0 Å². The van der Waals surface area contributed by atoms with Crippen molar-refractivity contribution in [3.63, 3.8) is 0 Å². The van der Waals surface area contributed by atoms with E-state index in [0.717, 1.165) is 24.3 Å². The van der Waals surface area contributed by atoms with Gasteiger partial charge in [-0.05, 0) is 38.4 Å². The van der Waals surface area contributed by atoms with Crippen LogP contribution in [0.1, 0.15) is 25.3 Å². The molecule has 2 aliphatic heterocycles. The topological polar surface area (TPSA) is 30.3 Å². The molecule has 2 aliphatic rings. The van der Waals surface area contributed by atoms with Crippen molar-refractivity contribution in [1.29, 1.82) is 5.26 Å². The van der Waals surface area contributed by atoms with E-state index in [1.165, 1.54) is 19.4 Å². The second-order valence-corrected chi connectivity index (χ2v) is 5.42. The molecule has 0 aromatic heterocycles. The van der Waals surface area contributed by atoms with Gasteiger partial charge in [0.2, 0.25) is 0 Å². The van der Waals surface area contributed by atoms with E-state index in [1.54, 1.807) is 0 Å². The molecule has 2 unspecified atom stereocenters. The van der Waals surface area contributed by atoms with Crippen LogP contribution in [0.15, 0.2) is 24.3 Å². The van der Waals surface area contributed by atoms with Crippen LogP contribution in [0.25, 0.3) is 0 Å². The zero-order valence-corrected chi connectivity index (χ0v) is 10.8. The second-order valence-electron chi connectivity index (χ2n) is 5.42. The van der Waals surface area contributed by atoms with Crippen LogP contribution in [-0.4, -0.2) is 36.6 Å². The summed E-state index contributed by atoms with van der Waals surface area (Å²) in [6, 6.07) is 11.5. The van der Waals surface area contributed by atoms with E-state index < -0.39 is 0 Å². The van der Waals surface area contributed by atoms with Gasteiger partial charge in [-0.3, -0.25) is 4.90 Å². The molecule has 1 aromatic rings. The molecule has 2 fully saturated rings. The third-order valence-corrected chi connectivity index (χ3v) is 4.27. The van der Waals surface area contributed by atoms with Crippen molar-refractivity contribution in [2.24, 2.45) is 0 Å². The van der Waals surface area contributed by atoms with Crippen LogP contribution in [0.5, 0.6) is 0 Å². The Bertz CT molecular complexity index is 477. The van der Waals surface area contributed by atoms with Gasteiger partial charge in [-0.2, -0.15) is 5.26 Å². The highest BCUT2D eigenvalue weighted by Crippen LogP contribution is 2.30. The Morgan fingerprint density at radius 3 is 2.94 bits per heavy atom. The van der Waals surface area contributed by atoms with Gasteiger partial charge in [0.05, 0.1) is 11.3 Å². The first-order valence-electron chi connectivity index (χ1n) is 6.79. The molecule has 94 valence electrons. The van der Waals surface area contributed by atoms with Gasteiger partial charge in [0, 0.05) is 25.2 Å². The fourth-order valence-electron chi connectivity index (χ4n) is 3.34. The largest absolute Gasteiger partial charge is 0.365 e. The van der Waals surface area contributed by atoms with Gasteiger partial charge in [-0.1, -0.05) is 12.1 Å². The second kappa shape index (κ2) is 4.62. The lowest BCUT2D eigenvalue weighted by atomic mass is 10.0. The number of para-hydroxylation sites is 1. The Morgan fingerprint density at radius 2 is 2.11 bits per heavy atom. The molecule has 3 nitrogen and oxygen atoms in total. The quantitative estimate of drug-likeness (QED) is 0.755. The average Bonchev–Trinajstić information content (AvgIpc) is 2.84. The van der Waals surface area contributed by atoms with E-state index in [1.807, 2.05) is 18.2 Å². The summed E-state index contributed by atoms with van der Waals surface area (Å²) >= 11 is 0. The van der Waals surface area contributed by atoms with E-state index >= 15 is 0 Å². The minimum absolute atomic E-state index is 0.494. The molecule has 2 heterocycles. The zero-order valence-electron chi connectivity index (χ0n) is 10.8. The molecular formula is C15H19N3. The number of hydrogen-bond donors (Lipinski definition) is 0. The predicted molar refractivity (Wildman–Crippen MR) is 72.6 cm³/mol. The standard InChI is InChI=1S/C15H19N3/c1-12-10-17-8-4-6-14(17)11-18(12)15-7-3-2-5-13(15)9-16/h2-3,5,7,12,14H,4,6,8,10-11H2,1H3. The smallest absolute Gasteiger partial charge is 0.101 e. The van der Waals surface area contributed by atoms with Crippen molar-refractivity contribution in [3.05, 3.63) is 29.8 Å². The lowest BCUT2D eigenvalue weighted by Crippen LogP contribution is -2.55. The first kappa shape index (κ1) is 11.6. The van der Waals surface area contributed by atoms with Crippen LogP contribution in [0.4, 0.5) is 5.69 Å². The summed E-state index contributed by atoms with van der Waals surface area (Å²) in [7, 11) is 0. The Hall–Kier alpha value is -1.53. The number of anilines is 1. The average molecular weight is 241 g/mol. The lowest BCUT2D eigenvalue weighted by Gasteiger charge is -2.43. The minimum atomic E-state index is 0.494. The monoisotopic (exact) mass is 241 g/mol. The summed E-state index contributed by atoms with van der Waals surface area (Å²) in [6.45, 7) is 5.72. The highest BCUT2D eigenvalue weighted by Gasteiger charge is 2.34. The molecule has 0 amide bonds. The summed E-state index contributed by atoms with van der Waals surface area (Å²) < 4.78 is 0. The van der Waals surface area contributed by atoms with Crippen molar-refractivity contribution in [3.8, 4) is 6.07 Å². The van der Waals surface area contributed by atoms with Crippen molar-refractivity contribution < 1.29 is 0 Å². The van der Waals surface area contributed by atoms with E-state index in [2.05, 4.69) is 28.9 Å². The maximum atomic E-state index is 9.24. The highest BCUT2D eigenvalue weighted by molar-refractivity contribution is 5.60. The first-order valence-corrected chi connectivity index (χ1v) is 6.79. The van der Waals surface area contributed by atoms with Crippen LogP contribution < -0.4 is 4.90 Å². The molecule has 0 radical (unpaired) electrons. The third-order valence-electron chi connectivity index (χ3n) is 4.27. The number of fused-ring (bicyclic) bond motifs is 1. The molecule has 18 heavy (non-hydrogen) atoms. The van der Waals surface area contributed by atoms with Gasteiger partial charge in [0.1, 0.15) is 6.07 Å². The van der Waals surface area contributed by atoms with E-state index in [0.29, 0.717) is 12.1 Å². The number of nitriles is 1. The predicted octanol–water partition coefficient (Wildman–Crippen LogP) is 2.23. The zero-order chi connectivity index (χ0) is 12.5. The van der Waals surface area contributed by atoms with Crippen molar-refractivity contribution in [2.45, 2.75) is 31.8 Å². The van der Waals surface area contributed by atoms with E-state index in [9.17, 15) is 5.26 Å². The van der Waals surface area contributed by atoms with Crippen LogP contribution >= 0.6 is 0 Å². The Balaban J connectivity index is 1.89. The maximum Gasteiger partial charge on any atom is 0.101 e. The van der Waals surface area contributed by atoms with Gasteiger partial charge in [0.25, 0.3) is 0 Å². The lowest BCUT2D eigenvalue weighted by molar-refractivity contribution is 0.203. The van der Waals surface area contributed by atoms with Gasteiger partial charge < -0.3 is 4.90 Å². The molecule has 2 saturated heterocycles. The fourth-order valence-corrected chi connectivity index (χ4v) is 3.34. The van der Waals surface area contributed by atoms with Crippen LogP contribution in [0, 0.1) is 11.3 Å². The molecule has 3 rings (SSSR count). The van der Waals surface area contributed by atoms with Crippen molar-refractivity contribution >= 4 is 5.69 Å². The van der Waals surface area contributed by atoms with Crippen LogP contribution in [0.3, 0.4) is 0 Å². The molecule has 2 atom stereocenters. The highest BCUT2D eigenvalue weighted by atomic mass is 15.3. The van der Waals surface area contributed by atoms with Crippen LogP contribution in [0.2, 0.25) is 0 Å². The van der Waals surface area contributed by atoms with Crippen molar-refractivity contribution in [2.75, 3.05) is 24.5 Å². The van der Waals surface area contributed by atoms with Crippen molar-refractivity contribution in [1.82, 2.24) is 4.90 Å². The summed E-state index contributed by atoms with van der Waals surface area (Å²) in [6.07, 6.45) is 2.63. The summed E-state index contributed by atoms with van der Waals surface area (Å²) in [5.74, 6) is 0. The maximum absolute atomic E-state index is 9.24. The Labute approximate surface area is 109 Å². The molecular weight excluding hydrogens is 222 g/mol. The van der Waals surface area contributed by atoms with Gasteiger partial charge in [-0.15, -0.1) is 0 Å². The molecule has 0 bridgehead atoms. The first-order chi connectivity index (χ1) is 8.79. The Kier molecular flexibility index (Phi) is 2.97. The number of nitrogens with zero attached hydrogens (tertiary/aromatic N) is 3. The van der Waals surface area contributed by atoms with Gasteiger partial charge in [0.15, 0.2) is 0 Å². The molecule has 0 saturated carbocycles. The Morgan fingerprint density at radius 1 is 1.28 bits per heavy atom. The molecule has 0 aliphatic carbocycles. The minimum Gasteiger partial charge on any atom is -0.365 e. The molecule has 3 heteroatoms. The molecule has 0 spiro atoms. The molecule has 1 aromatic carbocycles.